The number of hydrogen-bond acceptors (Lipinski definition) is 4. The summed E-state index contributed by atoms with van der Waals surface area (Å²) in [5.41, 5.74) is -0.798. The molecule has 1 unspecified atom stereocenters. The minimum absolute atomic E-state index is 0.0760. The third-order valence-corrected chi connectivity index (χ3v) is 4.39. The van der Waals surface area contributed by atoms with E-state index >= 15 is 0 Å². The molecule has 2 rings (SSSR count). The van der Waals surface area contributed by atoms with Gasteiger partial charge in [0.2, 0.25) is 0 Å². The molecule has 0 aromatic heterocycles. The molecule has 23 heavy (non-hydrogen) atoms. The zero-order valence-electron chi connectivity index (χ0n) is 15.1. The number of hydrogen-bond donors (Lipinski definition) is 0. The van der Waals surface area contributed by atoms with Crippen LogP contribution in [-0.4, -0.2) is 65.3 Å². The first kappa shape index (κ1) is 18.0. The number of rotatable bonds is 2. The Bertz CT molecular complexity index is 450. The molecule has 0 bridgehead atoms. The number of carbonyl (C=O) groups excluding carboxylic acids is 2. The van der Waals surface area contributed by atoms with Crippen LogP contribution >= 0.6 is 0 Å². The van der Waals surface area contributed by atoms with Crippen LogP contribution < -0.4 is 0 Å². The lowest BCUT2D eigenvalue weighted by Gasteiger charge is -2.49. The first-order chi connectivity index (χ1) is 10.7. The van der Waals surface area contributed by atoms with E-state index in [1.165, 1.54) is 0 Å². The number of piperidine rings is 1. The van der Waals surface area contributed by atoms with Gasteiger partial charge >= 0.3 is 6.09 Å². The van der Waals surface area contributed by atoms with Crippen molar-refractivity contribution in [2.24, 2.45) is 0 Å². The summed E-state index contributed by atoms with van der Waals surface area (Å²) in [4.78, 5) is 28.0. The largest absolute Gasteiger partial charge is 0.444 e. The molecule has 132 valence electrons. The normalized spacial score (nSPS) is 24.9. The molecule has 1 atom stereocenters. The van der Waals surface area contributed by atoms with Gasteiger partial charge in [-0.2, -0.15) is 0 Å². The topological polar surface area (TPSA) is 59.1 Å². The Morgan fingerprint density at radius 3 is 2.48 bits per heavy atom. The summed E-state index contributed by atoms with van der Waals surface area (Å²) >= 11 is 0. The van der Waals surface area contributed by atoms with Crippen LogP contribution in [0, 0.1) is 0 Å². The minimum Gasteiger partial charge on any atom is -0.444 e. The summed E-state index contributed by atoms with van der Waals surface area (Å²) in [7, 11) is 0. The van der Waals surface area contributed by atoms with Crippen molar-refractivity contribution in [2.75, 3.05) is 26.2 Å². The van der Waals surface area contributed by atoms with Gasteiger partial charge in [-0.25, -0.2) is 4.79 Å². The average molecular weight is 326 g/mol. The second-order valence-corrected chi connectivity index (χ2v) is 7.67. The van der Waals surface area contributed by atoms with Gasteiger partial charge in [0.1, 0.15) is 11.7 Å². The molecule has 0 aliphatic carbocycles. The van der Waals surface area contributed by atoms with Crippen molar-refractivity contribution in [3.05, 3.63) is 0 Å². The van der Waals surface area contributed by atoms with Crippen molar-refractivity contribution >= 4 is 12.0 Å². The molecule has 6 nitrogen and oxygen atoms in total. The number of carbonyl (C=O) groups is 2. The standard InChI is InChI=1S/C17H30N2O4/c1-6-9-19-12-17(22-13(2)14(19)20)7-10-18(11-8-17)15(21)23-16(3,4)5/h13H,6-12H2,1-5H3. The predicted octanol–water partition coefficient (Wildman–Crippen LogP) is 2.41. The highest BCUT2D eigenvalue weighted by Gasteiger charge is 2.45. The number of nitrogens with zero attached hydrogens (tertiary/aromatic N) is 2. The maximum Gasteiger partial charge on any atom is 0.410 e. The molecular formula is C17H30N2O4. The first-order valence-corrected chi connectivity index (χ1v) is 8.60. The molecule has 0 N–H and O–H groups in total. The lowest BCUT2D eigenvalue weighted by Crippen LogP contribution is -2.61. The van der Waals surface area contributed by atoms with Gasteiger partial charge in [0, 0.05) is 26.2 Å². The van der Waals surface area contributed by atoms with Crippen LogP contribution in [0.4, 0.5) is 4.79 Å². The quantitative estimate of drug-likeness (QED) is 0.782. The van der Waals surface area contributed by atoms with E-state index in [1.54, 1.807) is 4.90 Å². The van der Waals surface area contributed by atoms with Crippen LogP contribution in [0.15, 0.2) is 0 Å². The van der Waals surface area contributed by atoms with Crippen LogP contribution in [-0.2, 0) is 14.3 Å². The van der Waals surface area contributed by atoms with Gasteiger partial charge in [-0.05, 0) is 47.0 Å². The molecule has 0 saturated carbocycles. The van der Waals surface area contributed by atoms with E-state index in [4.69, 9.17) is 9.47 Å². The summed E-state index contributed by atoms with van der Waals surface area (Å²) in [6, 6.07) is 0. The summed E-state index contributed by atoms with van der Waals surface area (Å²) in [6.45, 7) is 12.1. The number of amides is 2. The van der Waals surface area contributed by atoms with E-state index in [9.17, 15) is 9.59 Å². The van der Waals surface area contributed by atoms with E-state index in [0.29, 0.717) is 19.6 Å². The number of morpholine rings is 1. The molecule has 2 saturated heterocycles. The minimum atomic E-state index is -0.480. The maximum absolute atomic E-state index is 12.2. The molecule has 2 heterocycles. The third-order valence-electron chi connectivity index (χ3n) is 4.39. The smallest absolute Gasteiger partial charge is 0.410 e. The van der Waals surface area contributed by atoms with Crippen LogP contribution in [0.25, 0.3) is 0 Å². The van der Waals surface area contributed by atoms with Crippen molar-refractivity contribution in [2.45, 2.75) is 71.2 Å². The predicted molar refractivity (Wildman–Crippen MR) is 87.2 cm³/mol. The summed E-state index contributed by atoms with van der Waals surface area (Å²) < 4.78 is 11.5. The van der Waals surface area contributed by atoms with E-state index in [-0.39, 0.29) is 17.6 Å². The van der Waals surface area contributed by atoms with Gasteiger partial charge in [-0.15, -0.1) is 0 Å². The van der Waals surface area contributed by atoms with E-state index < -0.39 is 11.7 Å². The Morgan fingerprint density at radius 1 is 1.35 bits per heavy atom. The molecule has 0 aromatic carbocycles. The van der Waals surface area contributed by atoms with E-state index in [2.05, 4.69) is 6.92 Å². The summed E-state index contributed by atoms with van der Waals surface area (Å²) in [6.07, 6.45) is 1.76. The van der Waals surface area contributed by atoms with E-state index in [1.807, 2.05) is 32.6 Å². The van der Waals surface area contributed by atoms with Crippen LogP contribution in [0.1, 0.15) is 53.9 Å². The number of likely N-dealkylation sites (tertiary alicyclic amines) is 1. The highest BCUT2D eigenvalue weighted by Crippen LogP contribution is 2.33. The SMILES string of the molecule is CCCN1CC2(CCN(C(=O)OC(C)(C)C)CC2)OC(C)C1=O. The Hall–Kier alpha value is -1.30. The maximum atomic E-state index is 12.2. The molecule has 1 spiro atoms. The van der Waals surface area contributed by atoms with Gasteiger partial charge in [-0.3, -0.25) is 4.79 Å². The fourth-order valence-corrected chi connectivity index (χ4v) is 3.30. The Labute approximate surface area is 139 Å². The van der Waals surface area contributed by atoms with Crippen LogP contribution in [0.3, 0.4) is 0 Å². The summed E-state index contributed by atoms with van der Waals surface area (Å²) in [5, 5.41) is 0. The molecule has 0 radical (unpaired) electrons. The monoisotopic (exact) mass is 326 g/mol. The van der Waals surface area contributed by atoms with Crippen molar-refractivity contribution < 1.29 is 19.1 Å². The molecule has 2 amide bonds. The van der Waals surface area contributed by atoms with Gasteiger partial charge < -0.3 is 19.3 Å². The Kier molecular flexibility index (Phi) is 5.23. The lowest BCUT2D eigenvalue weighted by molar-refractivity contribution is -0.189. The first-order valence-electron chi connectivity index (χ1n) is 8.60. The average Bonchev–Trinajstić information content (AvgIpc) is 2.43. The van der Waals surface area contributed by atoms with Crippen molar-refractivity contribution in [3.8, 4) is 0 Å². The lowest BCUT2D eigenvalue weighted by atomic mass is 9.88. The van der Waals surface area contributed by atoms with Gasteiger partial charge in [0.15, 0.2) is 0 Å². The van der Waals surface area contributed by atoms with Gasteiger partial charge in [0.05, 0.1) is 5.60 Å². The summed E-state index contributed by atoms with van der Waals surface area (Å²) in [5.74, 6) is 0.0760. The van der Waals surface area contributed by atoms with Crippen molar-refractivity contribution in [1.82, 2.24) is 9.80 Å². The highest BCUT2D eigenvalue weighted by molar-refractivity contribution is 5.81. The van der Waals surface area contributed by atoms with Crippen molar-refractivity contribution in [3.63, 3.8) is 0 Å². The Morgan fingerprint density at radius 2 is 1.96 bits per heavy atom. The van der Waals surface area contributed by atoms with Gasteiger partial charge in [0.25, 0.3) is 5.91 Å². The molecule has 0 aromatic rings. The van der Waals surface area contributed by atoms with Gasteiger partial charge in [-0.1, -0.05) is 6.92 Å². The molecule has 2 aliphatic heterocycles. The Balaban J connectivity index is 1.97. The zero-order chi connectivity index (χ0) is 17.3. The fourth-order valence-electron chi connectivity index (χ4n) is 3.30. The van der Waals surface area contributed by atoms with E-state index in [0.717, 1.165) is 25.8 Å². The second kappa shape index (κ2) is 6.67. The van der Waals surface area contributed by atoms with Crippen LogP contribution in [0.5, 0.6) is 0 Å². The molecule has 2 fully saturated rings. The molecule has 6 heteroatoms. The third kappa shape index (κ3) is 4.37. The van der Waals surface area contributed by atoms with Crippen LogP contribution in [0.2, 0.25) is 0 Å². The highest BCUT2D eigenvalue weighted by atomic mass is 16.6. The number of ether oxygens (including phenoxy) is 2. The van der Waals surface area contributed by atoms with Crippen molar-refractivity contribution in [1.29, 1.82) is 0 Å². The second-order valence-electron chi connectivity index (χ2n) is 7.67. The zero-order valence-corrected chi connectivity index (χ0v) is 15.1. The molecule has 2 aliphatic rings. The fraction of sp³-hybridized carbons (Fsp3) is 0.882. The molecular weight excluding hydrogens is 296 g/mol.